The molecule has 3 aromatic carbocycles. The number of carbonyl (C=O) groups is 2. The van der Waals surface area contributed by atoms with E-state index in [0.717, 1.165) is 44.5 Å². The van der Waals surface area contributed by atoms with Crippen LogP contribution in [0.2, 0.25) is 0 Å². The highest BCUT2D eigenvalue weighted by molar-refractivity contribution is 6.15. The van der Waals surface area contributed by atoms with Crippen LogP contribution in [0.5, 0.6) is 0 Å². The van der Waals surface area contributed by atoms with E-state index in [-0.39, 0.29) is 11.6 Å². The smallest absolute Gasteiger partial charge is 0.186 e. The molecule has 0 saturated carbocycles. The molecule has 2 nitrogen and oxygen atoms in total. The van der Waals surface area contributed by atoms with E-state index in [0.29, 0.717) is 0 Å². The molecule has 5 rings (SSSR count). The molecule has 30 heavy (non-hydrogen) atoms. The van der Waals surface area contributed by atoms with Crippen molar-refractivity contribution in [1.82, 2.24) is 0 Å². The number of rotatable bonds is 2. The standard InChI is InChI=1S/C28H18O2/c29-27-15-13-21(23-5-1-3-7-25(23)27)17-19-9-11-20(12-10-19)18-22-14-16-28(30)26-8-4-2-6-24(22)26/h1-18H/b21-17+,22-18+. The molecule has 0 aliphatic heterocycles. The van der Waals surface area contributed by atoms with Gasteiger partial charge in [0.2, 0.25) is 0 Å². The van der Waals surface area contributed by atoms with Gasteiger partial charge in [-0.25, -0.2) is 0 Å². The van der Waals surface area contributed by atoms with Crippen molar-refractivity contribution in [1.29, 1.82) is 0 Å². The van der Waals surface area contributed by atoms with Crippen LogP contribution >= 0.6 is 0 Å². The van der Waals surface area contributed by atoms with Gasteiger partial charge in [0.25, 0.3) is 0 Å². The van der Waals surface area contributed by atoms with Gasteiger partial charge < -0.3 is 0 Å². The summed E-state index contributed by atoms with van der Waals surface area (Å²) in [6.45, 7) is 0. The lowest BCUT2D eigenvalue weighted by Crippen LogP contribution is -2.04. The van der Waals surface area contributed by atoms with Gasteiger partial charge in [0.15, 0.2) is 11.6 Å². The molecular weight excluding hydrogens is 368 g/mol. The minimum Gasteiger partial charge on any atom is -0.289 e. The Kier molecular flexibility index (Phi) is 4.45. The molecule has 0 N–H and O–H groups in total. The van der Waals surface area contributed by atoms with Gasteiger partial charge in [-0.05, 0) is 57.7 Å². The van der Waals surface area contributed by atoms with Gasteiger partial charge in [0.05, 0.1) is 0 Å². The summed E-state index contributed by atoms with van der Waals surface area (Å²) >= 11 is 0. The molecule has 0 bridgehead atoms. The summed E-state index contributed by atoms with van der Waals surface area (Å²) in [7, 11) is 0. The minimum absolute atomic E-state index is 0.0454. The van der Waals surface area contributed by atoms with Crippen LogP contribution in [0, 0.1) is 0 Å². The Morgan fingerprint density at radius 2 is 0.800 bits per heavy atom. The third-order valence-electron chi connectivity index (χ3n) is 5.42. The van der Waals surface area contributed by atoms with E-state index in [9.17, 15) is 9.59 Å². The fourth-order valence-corrected chi connectivity index (χ4v) is 3.89. The van der Waals surface area contributed by atoms with E-state index >= 15 is 0 Å². The summed E-state index contributed by atoms with van der Waals surface area (Å²) in [5.41, 5.74) is 7.59. The van der Waals surface area contributed by atoms with E-state index in [4.69, 9.17) is 0 Å². The van der Waals surface area contributed by atoms with Gasteiger partial charge in [0, 0.05) is 11.1 Å². The fourth-order valence-electron chi connectivity index (χ4n) is 3.89. The van der Waals surface area contributed by atoms with Crippen molar-refractivity contribution < 1.29 is 9.59 Å². The highest BCUT2D eigenvalue weighted by Crippen LogP contribution is 2.29. The summed E-state index contributed by atoms with van der Waals surface area (Å²) in [4.78, 5) is 24.2. The summed E-state index contributed by atoms with van der Waals surface area (Å²) in [5, 5.41) is 0. The van der Waals surface area contributed by atoms with Gasteiger partial charge in [-0.1, -0.05) is 84.9 Å². The number of benzene rings is 3. The minimum atomic E-state index is 0.0454. The third kappa shape index (κ3) is 3.29. The second-order valence-electron chi connectivity index (χ2n) is 7.35. The van der Waals surface area contributed by atoms with Crippen LogP contribution in [0.15, 0.2) is 97.1 Å². The van der Waals surface area contributed by atoms with E-state index in [1.54, 1.807) is 12.2 Å². The highest BCUT2D eigenvalue weighted by Gasteiger charge is 2.16. The van der Waals surface area contributed by atoms with Crippen molar-refractivity contribution in [2.45, 2.75) is 0 Å². The van der Waals surface area contributed by atoms with Crippen LogP contribution < -0.4 is 0 Å². The summed E-state index contributed by atoms with van der Waals surface area (Å²) < 4.78 is 0. The van der Waals surface area contributed by atoms with E-state index in [1.165, 1.54) is 0 Å². The predicted octanol–water partition coefficient (Wildman–Crippen LogP) is 6.27. The Morgan fingerprint density at radius 3 is 1.20 bits per heavy atom. The second kappa shape index (κ2) is 7.41. The molecule has 142 valence electrons. The molecule has 2 aliphatic carbocycles. The quantitative estimate of drug-likeness (QED) is 0.520. The maximum Gasteiger partial charge on any atom is 0.186 e. The number of hydrogen-bond donors (Lipinski definition) is 0. The van der Waals surface area contributed by atoms with Crippen LogP contribution in [-0.4, -0.2) is 11.6 Å². The highest BCUT2D eigenvalue weighted by atomic mass is 16.1. The molecule has 3 aromatic rings. The van der Waals surface area contributed by atoms with Crippen molar-refractivity contribution in [2.75, 3.05) is 0 Å². The molecule has 0 fully saturated rings. The van der Waals surface area contributed by atoms with Crippen LogP contribution in [0.1, 0.15) is 43.0 Å². The van der Waals surface area contributed by atoms with Gasteiger partial charge in [-0.2, -0.15) is 0 Å². The van der Waals surface area contributed by atoms with Crippen molar-refractivity contribution in [3.63, 3.8) is 0 Å². The molecule has 0 amide bonds. The number of allylic oxidation sites excluding steroid dienone is 6. The maximum atomic E-state index is 12.1. The first-order chi connectivity index (χ1) is 14.7. The largest absolute Gasteiger partial charge is 0.289 e. The number of hydrogen-bond acceptors (Lipinski definition) is 2. The molecule has 0 spiro atoms. The van der Waals surface area contributed by atoms with Gasteiger partial charge in [-0.3, -0.25) is 9.59 Å². The Morgan fingerprint density at radius 1 is 0.433 bits per heavy atom. The SMILES string of the molecule is O=C1C=C/C(=C\c2ccc(/C=C3\C=CC(=O)c4ccccc43)cc2)c2ccccc21. The zero-order valence-corrected chi connectivity index (χ0v) is 16.2. The first kappa shape index (κ1) is 18.0. The van der Waals surface area contributed by atoms with Crippen LogP contribution in [0.4, 0.5) is 0 Å². The van der Waals surface area contributed by atoms with Gasteiger partial charge in [-0.15, -0.1) is 0 Å². The van der Waals surface area contributed by atoms with Crippen molar-refractivity contribution in [3.05, 3.63) is 130 Å². The first-order valence-electron chi connectivity index (χ1n) is 9.86. The van der Waals surface area contributed by atoms with Gasteiger partial charge in [0.1, 0.15) is 0 Å². The Bertz CT molecular complexity index is 1200. The van der Waals surface area contributed by atoms with Crippen molar-refractivity contribution in [2.24, 2.45) is 0 Å². The average Bonchev–Trinajstić information content (AvgIpc) is 2.79. The number of fused-ring (bicyclic) bond motifs is 2. The summed E-state index contributed by atoms with van der Waals surface area (Å²) in [6.07, 6.45) is 11.2. The Hall–Kier alpha value is -4.04. The molecule has 0 unspecified atom stereocenters. The first-order valence-corrected chi connectivity index (χ1v) is 9.86. The lowest BCUT2D eigenvalue weighted by molar-refractivity contribution is 0.103. The molecule has 0 radical (unpaired) electrons. The van der Waals surface area contributed by atoms with Crippen molar-refractivity contribution >= 4 is 34.9 Å². The van der Waals surface area contributed by atoms with E-state index in [1.807, 2.05) is 60.7 Å². The second-order valence-corrected chi connectivity index (χ2v) is 7.35. The van der Waals surface area contributed by atoms with E-state index in [2.05, 4.69) is 36.4 Å². The molecular formula is C28H18O2. The normalized spacial score (nSPS) is 17.3. The lowest BCUT2D eigenvalue weighted by Gasteiger charge is -2.13. The van der Waals surface area contributed by atoms with E-state index < -0.39 is 0 Å². The van der Waals surface area contributed by atoms with Crippen LogP contribution in [-0.2, 0) is 0 Å². The Labute approximate surface area is 175 Å². The Balaban J connectivity index is 1.46. The summed E-state index contributed by atoms with van der Waals surface area (Å²) in [6, 6.07) is 23.6. The third-order valence-corrected chi connectivity index (χ3v) is 5.42. The topological polar surface area (TPSA) is 34.1 Å². The zero-order chi connectivity index (χ0) is 20.5. The number of ketones is 2. The molecule has 0 atom stereocenters. The number of carbonyl (C=O) groups excluding carboxylic acids is 2. The molecule has 2 aliphatic rings. The monoisotopic (exact) mass is 386 g/mol. The van der Waals surface area contributed by atoms with Gasteiger partial charge >= 0.3 is 0 Å². The van der Waals surface area contributed by atoms with Crippen molar-refractivity contribution in [3.8, 4) is 0 Å². The molecule has 0 saturated heterocycles. The van der Waals surface area contributed by atoms with Crippen LogP contribution in [0.25, 0.3) is 23.3 Å². The lowest BCUT2D eigenvalue weighted by atomic mass is 9.90. The average molecular weight is 386 g/mol. The molecule has 2 heteroatoms. The molecule has 0 aromatic heterocycles. The molecule has 0 heterocycles. The maximum absolute atomic E-state index is 12.1. The predicted molar refractivity (Wildman–Crippen MR) is 122 cm³/mol. The van der Waals surface area contributed by atoms with Crippen LogP contribution in [0.3, 0.4) is 0 Å². The summed E-state index contributed by atoms with van der Waals surface area (Å²) in [5.74, 6) is 0.0908. The zero-order valence-electron chi connectivity index (χ0n) is 16.2. The fraction of sp³-hybridized carbons (Fsp3) is 0.